The number of thioether (sulfide) groups is 1. The fraction of sp³-hybridized carbons (Fsp3) is 0.368. The van der Waals surface area contributed by atoms with Crippen LogP contribution in [0.15, 0.2) is 60.7 Å². The van der Waals surface area contributed by atoms with E-state index in [2.05, 4.69) is 67.6 Å². The number of nitrogens with two attached hydrogens (primary N) is 1. The summed E-state index contributed by atoms with van der Waals surface area (Å²) in [6.45, 7) is 3.03. The molecule has 1 atom stereocenters. The van der Waals surface area contributed by atoms with E-state index >= 15 is 0 Å². The van der Waals surface area contributed by atoms with Gasteiger partial charge in [-0.25, -0.2) is 0 Å². The molecule has 1 nitrogen and oxygen atoms in total. The molecule has 0 aromatic heterocycles. The van der Waals surface area contributed by atoms with Gasteiger partial charge in [0.05, 0.1) is 0 Å². The molecule has 21 heavy (non-hydrogen) atoms. The monoisotopic (exact) mass is 299 g/mol. The minimum absolute atomic E-state index is 0.171. The lowest BCUT2D eigenvalue weighted by Gasteiger charge is -2.27. The van der Waals surface area contributed by atoms with E-state index < -0.39 is 0 Å². The molecule has 0 saturated heterocycles. The van der Waals surface area contributed by atoms with Gasteiger partial charge in [0.2, 0.25) is 0 Å². The number of benzene rings is 2. The van der Waals surface area contributed by atoms with E-state index in [1.807, 2.05) is 11.8 Å². The zero-order valence-corrected chi connectivity index (χ0v) is 13.6. The molecule has 2 N–H and O–H groups in total. The van der Waals surface area contributed by atoms with Crippen molar-refractivity contribution >= 4 is 11.8 Å². The predicted octanol–water partition coefficient (Wildman–Crippen LogP) is 4.66. The van der Waals surface area contributed by atoms with E-state index in [0.29, 0.717) is 0 Å². The van der Waals surface area contributed by atoms with E-state index in [4.69, 9.17) is 5.73 Å². The molecule has 2 rings (SSSR count). The molecule has 0 spiro atoms. The molecule has 0 radical (unpaired) electrons. The summed E-state index contributed by atoms with van der Waals surface area (Å²) in [4.78, 5) is 0. The molecule has 1 unspecified atom stereocenters. The highest BCUT2D eigenvalue weighted by Gasteiger charge is 2.22. The van der Waals surface area contributed by atoms with Crippen molar-refractivity contribution in [3.63, 3.8) is 0 Å². The standard InChI is InChI=1S/C19H25NS/c1-19(16-20,21-15-18-11-6-3-7-12-18)14-8-13-17-9-4-2-5-10-17/h2-7,9-12H,8,13-16,20H2,1H3. The van der Waals surface area contributed by atoms with E-state index in [0.717, 1.165) is 25.1 Å². The second-order valence-corrected chi connectivity index (χ2v) is 7.33. The number of hydrogen-bond donors (Lipinski definition) is 1. The zero-order valence-electron chi connectivity index (χ0n) is 12.8. The highest BCUT2D eigenvalue weighted by atomic mass is 32.2. The lowest BCUT2D eigenvalue weighted by molar-refractivity contribution is 0.566. The van der Waals surface area contributed by atoms with Crippen LogP contribution in [-0.4, -0.2) is 11.3 Å². The highest BCUT2D eigenvalue weighted by molar-refractivity contribution is 7.99. The average molecular weight is 299 g/mol. The summed E-state index contributed by atoms with van der Waals surface area (Å²) >= 11 is 1.99. The number of hydrogen-bond acceptors (Lipinski definition) is 2. The Bertz CT molecular complexity index is 512. The molecule has 0 heterocycles. The van der Waals surface area contributed by atoms with E-state index in [-0.39, 0.29) is 4.75 Å². The van der Waals surface area contributed by atoms with E-state index in [9.17, 15) is 0 Å². The Balaban J connectivity index is 1.80. The summed E-state index contributed by atoms with van der Waals surface area (Å²) < 4.78 is 0.171. The summed E-state index contributed by atoms with van der Waals surface area (Å²) in [7, 11) is 0. The number of rotatable bonds is 8. The lowest BCUT2D eigenvalue weighted by atomic mass is 10.0. The fourth-order valence-electron chi connectivity index (χ4n) is 2.38. The van der Waals surface area contributed by atoms with Crippen LogP contribution in [0.3, 0.4) is 0 Å². The Morgan fingerprint density at radius 1 is 0.905 bits per heavy atom. The van der Waals surface area contributed by atoms with Crippen LogP contribution in [-0.2, 0) is 12.2 Å². The normalized spacial score (nSPS) is 13.8. The van der Waals surface area contributed by atoms with Crippen LogP contribution in [0.2, 0.25) is 0 Å². The van der Waals surface area contributed by atoms with E-state index in [1.54, 1.807) is 0 Å². The molecule has 2 heteroatoms. The predicted molar refractivity (Wildman–Crippen MR) is 94.6 cm³/mol. The van der Waals surface area contributed by atoms with Crippen LogP contribution < -0.4 is 5.73 Å². The molecule has 2 aromatic carbocycles. The van der Waals surface area contributed by atoms with Crippen LogP contribution in [0.4, 0.5) is 0 Å². The molecule has 0 bridgehead atoms. The second kappa shape index (κ2) is 8.26. The van der Waals surface area contributed by atoms with Crippen molar-refractivity contribution in [2.24, 2.45) is 5.73 Å². The molecule has 0 amide bonds. The van der Waals surface area contributed by atoms with Gasteiger partial charge in [-0.05, 0) is 37.3 Å². The third-order valence-corrected chi connectivity index (χ3v) is 5.42. The molecular formula is C19H25NS. The minimum atomic E-state index is 0.171. The highest BCUT2D eigenvalue weighted by Crippen LogP contribution is 2.32. The summed E-state index contributed by atoms with van der Waals surface area (Å²) in [6.07, 6.45) is 3.50. The molecule has 2 aromatic rings. The maximum Gasteiger partial charge on any atom is 0.0257 e. The minimum Gasteiger partial charge on any atom is -0.329 e. The Morgan fingerprint density at radius 3 is 2.05 bits per heavy atom. The van der Waals surface area contributed by atoms with Gasteiger partial charge in [-0.15, -0.1) is 11.8 Å². The first-order chi connectivity index (χ1) is 10.2. The van der Waals surface area contributed by atoms with Crippen molar-refractivity contribution in [3.05, 3.63) is 71.8 Å². The molecular weight excluding hydrogens is 274 g/mol. The summed E-state index contributed by atoms with van der Waals surface area (Å²) in [5.41, 5.74) is 8.83. The maximum atomic E-state index is 6.03. The maximum absolute atomic E-state index is 6.03. The zero-order chi connectivity index (χ0) is 15.0. The van der Waals surface area contributed by atoms with Crippen LogP contribution in [0.5, 0.6) is 0 Å². The molecule has 0 fully saturated rings. The third-order valence-electron chi connectivity index (χ3n) is 3.88. The van der Waals surface area contributed by atoms with Crippen LogP contribution >= 0.6 is 11.8 Å². The van der Waals surface area contributed by atoms with Gasteiger partial charge in [0.15, 0.2) is 0 Å². The van der Waals surface area contributed by atoms with E-state index in [1.165, 1.54) is 17.5 Å². The Labute approximate surface area is 133 Å². The average Bonchev–Trinajstić information content (AvgIpc) is 2.55. The van der Waals surface area contributed by atoms with Crippen molar-refractivity contribution in [1.82, 2.24) is 0 Å². The SMILES string of the molecule is CC(CN)(CCCc1ccccc1)SCc1ccccc1. The summed E-state index contributed by atoms with van der Waals surface area (Å²) in [6, 6.07) is 21.4. The third kappa shape index (κ3) is 5.56. The van der Waals surface area contributed by atoms with Crippen LogP contribution in [0, 0.1) is 0 Å². The first-order valence-corrected chi connectivity index (χ1v) is 8.62. The topological polar surface area (TPSA) is 26.0 Å². The smallest absolute Gasteiger partial charge is 0.0257 e. The van der Waals surface area contributed by atoms with Gasteiger partial charge < -0.3 is 5.73 Å². The van der Waals surface area contributed by atoms with Gasteiger partial charge in [-0.3, -0.25) is 0 Å². The fourth-order valence-corrected chi connectivity index (χ4v) is 3.49. The first kappa shape index (κ1) is 16.1. The second-order valence-electron chi connectivity index (χ2n) is 5.77. The van der Waals surface area contributed by atoms with Crippen LogP contribution in [0.1, 0.15) is 30.9 Å². The van der Waals surface area contributed by atoms with Gasteiger partial charge in [0.1, 0.15) is 0 Å². The number of aryl methyl sites for hydroxylation is 1. The Hall–Kier alpha value is -1.25. The van der Waals surface area contributed by atoms with Crippen molar-refractivity contribution < 1.29 is 0 Å². The lowest BCUT2D eigenvalue weighted by Crippen LogP contribution is -2.31. The molecule has 0 saturated carbocycles. The molecule has 0 aliphatic carbocycles. The molecule has 0 aliphatic rings. The molecule has 112 valence electrons. The van der Waals surface area contributed by atoms with Gasteiger partial charge in [-0.1, -0.05) is 60.7 Å². The Kier molecular flexibility index (Phi) is 6.34. The van der Waals surface area contributed by atoms with Crippen molar-refractivity contribution in [1.29, 1.82) is 0 Å². The Morgan fingerprint density at radius 2 is 1.48 bits per heavy atom. The van der Waals surface area contributed by atoms with Gasteiger partial charge >= 0.3 is 0 Å². The summed E-state index contributed by atoms with van der Waals surface area (Å²) in [5, 5.41) is 0. The van der Waals surface area contributed by atoms with Crippen molar-refractivity contribution in [2.45, 2.75) is 36.7 Å². The summed E-state index contributed by atoms with van der Waals surface area (Å²) in [5.74, 6) is 1.04. The quantitative estimate of drug-likeness (QED) is 0.767. The van der Waals surface area contributed by atoms with Gasteiger partial charge in [0, 0.05) is 17.0 Å². The molecule has 0 aliphatic heterocycles. The van der Waals surface area contributed by atoms with Gasteiger partial charge in [0.25, 0.3) is 0 Å². The van der Waals surface area contributed by atoms with Crippen molar-refractivity contribution in [3.8, 4) is 0 Å². The first-order valence-electron chi connectivity index (χ1n) is 7.64. The largest absolute Gasteiger partial charge is 0.329 e. The van der Waals surface area contributed by atoms with Gasteiger partial charge in [-0.2, -0.15) is 0 Å². The van der Waals surface area contributed by atoms with Crippen molar-refractivity contribution in [2.75, 3.05) is 6.54 Å². The van der Waals surface area contributed by atoms with Crippen LogP contribution in [0.25, 0.3) is 0 Å².